The van der Waals surface area contributed by atoms with Gasteiger partial charge in [0.05, 0.1) is 31.1 Å². The minimum Gasteiger partial charge on any atom is -0.379 e. The highest BCUT2D eigenvalue weighted by atomic mass is 32.1. The predicted molar refractivity (Wildman–Crippen MR) is 144 cm³/mol. The number of thiophene rings is 1. The van der Waals surface area contributed by atoms with Crippen LogP contribution in [0.15, 0.2) is 35.7 Å². The van der Waals surface area contributed by atoms with E-state index in [9.17, 15) is 9.59 Å². The van der Waals surface area contributed by atoms with Gasteiger partial charge < -0.3 is 19.9 Å². The van der Waals surface area contributed by atoms with E-state index in [0.29, 0.717) is 25.5 Å². The first-order valence-electron chi connectivity index (χ1n) is 12.9. The summed E-state index contributed by atoms with van der Waals surface area (Å²) in [4.78, 5) is 33.7. The van der Waals surface area contributed by atoms with Gasteiger partial charge in [0.2, 0.25) is 5.91 Å². The Morgan fingerprint density at radius 1 is 1.00 bits per heavy atom. The molecule has 6 rings (SSSR count). The summed E-state index contributed by atoms with van der Waals surface area (Å²) in [5.74, 6) is -0.0112. The van der Waals surface area contributed by atoms with Crippen molar-refractivity contribution in [1.29, 1.82) is 0 Å². The number of nitrogens with one attached hydrogen (secondary N) is 1. The molecule has 2 aliphatic heterocycles. The maximum absolute atomic E-state index is 13.6. The molecule has 0 bridgehead atoms. The molecule has 2 amide bonds. The Balaban J connectivity index is 1.26. The number of rotatable bonds is 5. The summed E-state index contributed by atoms with van der Waals surface area (Å²) >= 11 is 1.76. The van der Waals surface area contributed by atoms with Gasteiger partial charge in [0.15, 0.2) is 5.69 Å². The van der Waals surface area contributed by atoms with Gasteiger partial charge in [0.25, 0.3) is 5.91 Å². The number of likely N-dealkylation sites (N-methyl/N-ethyl adjacent to an activating group) is 1. The van der Waals surface area contributed by atoms with Crippen LogP contribution in [0.4, 0.5) is 5.69 Å². The smallest absolute Gasteiger partial charge is 0.274 e. The van der Waals surface area contributed by atoms with Crippen LogP contribution in [0.2, 0.25) is 0 Å². The van der Waals surface area contributed by atoms with Crippen molar-refractivity contribution in [2.75, 3.05) is 71.4 Å². The number of anilines is 1. The van der Waals surface area contributed by atoms with E-state index in [0.717, 1.165) is 74.7 Å². The lowest BCUT2D eigenvalue weighted by Gasteiger charge is -2.32. The fourth-order valence-electron chi connectivity index (χ4n) is 5.31. The maximum atomic E-state index is 13.6. The number of carbonyl (C=O) groups is 2. The van der Waals surface area contributed by atoms with Gasteiger partial charge in [-0.1, -0.05) is 0 Å². The summed E-state index contributed by atoms with van der Waals surface area (Å²) < 4.78 is 7.28. The third-order valence-corrected chi connectivity index (χ3v) is 8.43. The summed E-state index contributed by atoms with van der Waals surface area (Å²) in [6, 6.07) is 9.87. The number of hydrogen-bond acceptors (Lipinski definition) is 7. The second-order valence-electron chi connectivity index (χ2n) is 9.92. The number of fused-ring (bicyclic) bond motifs is 3. The quantitative estimate of drug-likeness (QED) is 0.556. The normalized spacial score (nSPS) is 18.4. The fourth-order valence-corrected chi connectivity index (χ4v) is 6.19. The number of piperazine rings is 1. The van der Waals surface area contributed by atoms with Crippen molar-refractivity contribution in [3.8, 4) is 16.9 Å². The van der Waals surface area contributed by atoms with Crippen LogP contribution in [0.1, 0.15) is 20.9 Å². The lowest BCUT2D eigenvalue weighted by Crippen LogP contribution is -2.47. The van der Waals surface area contributed by atoms with Crippen molar-refractivity contribution < 1.29 is 14.3 Å². The van der Waals surface area contributed by atoms with Gasteiger partial charge in [0, 0.05) is 61.0 Å². The standard InChI is InChI=1S/C27H32N6O3S/c1-30-9-11-32(12-10-30)27(35)25-22-6-7-23-21(8-17-37-23)26(22)33(29-25)20-4-2-19(3-5-20)28-24(34)18-31-13-15-36-16-14-31/h2-5,8,17H,6-7,9-16,18H2,1H3,(H,28,34). The molecule has 37 heavy (non-hydrogen) atoms. The molecule has 3 aliphatic rings. The highest BCUT2D eigenvalue weighted by Gasteiger charge is 2.32. The molecule has 4 heterocycles. The number of aryl methyl sites for hydroxylation is 1. The monoisotopic (exact) mass is 520 g/mol. The predicted octanol–water partition coefficient (Wildman–Crippen LogP) is 2.36. The minimum atomic E-state index is -0.0332. The molecule has 2 fully saturated rings. The van der Waals surface area contributed by atoms with Crippen LogP contribution in [-0.2, 0) is 22.4 Å². The highest BCUT2D eigenvalue weighted by molar-refractivity contribution is 7.10. The lowest BCUT2D eigenvalue weighted by molar-refractivity contribution is -0.118. The molecule has 0 unspecified atom stereocenters. The second-order valence-corrected chi connectivity index (χ2v) is 10.9. The lowest BCUT2D eigenvalue weighted by atomic mass is 9.94. The summed E-state index contributed by atoms with van der Waals surface area (Å²) in [6.07, 6.45) is 1.75. The molecule has 0 spiro atoms. The number of carbonyl (C=O) groups excluding carboxylic acids is 2. The molecule has 3 aromatic rings. The van der Waals surface area contributed by atoms with E-state index in [1.807, 2.05) is 33.8 Å². The third kappa shape index (κ3) is 4.94. The van der Waals surface area contributed by atoms with Gasteiger partial charge >= 0.3 is 0 Å². The molecular weight excluding hydrogens is 488 g/mol. The maximum Gasteiger partial charge on any atom is 0.274 e. The molecule has 0 radical (unpaired) electrons. The molecule has 1 aromatic carbocycles. The van der Waals surface area contributed by atoms with Gasteiger partial charge in [-0.3, -0.25) is 14.5 Å². The minimum absolute atomic E-state index is 0.0220. The fraction of sp³-hybridized carbons (Fsp3) is 0.444. The molecule has 2 saturated heterocycles. The SMILES string of the molecule is CN1CCN(C(=O)c2nn(-c3ccc(NC(=O)CN4CCOCC4)cc3)c3c2CCc2sccc2-3)CC1. The van der Waals surface area contributed by atoms with E-state index >= 15 is 0 Å². The first-order valence-corrected chi connectivity index (χ1v) is 13.8. The van der Waals surface area contributed by atoms with Gasteiger partial charge in [-0.25, -0.2) is 4.68 Å². The number of nitrogens with zero attached hydrogens (tertiary/aromatic N) is 5. The topological polar surface area (TPSA) is 82.9 Å². The largest absolute Gasteiger partial charge is 0.379 e. The Hall–Kier alpha value is -3.05. The number of aromatic nitrogens is 2. The molecule has 9 nitrogen and oxygen atoms in total. The van der Waals surface area contributed by atoms with Gasteiger partial charge in [-0.2, -0.15) is 5.10 Å². The van der Waals surface area contributed by atoms with Gasteiger partial charge in [0.1, 0.15) is 0 Å². The van der Waals surface area contributed by atoms with E-state index in [4.69, 9.17) is 9.84 Å². The summed E-state index contributed by atoms with van der Waals surface area (Å²) in [5.41, 5.74) is 5.41. The molecule has 2 aromatic heterocycles. The van der Waals surface area contributed by atoms with Gasteiger partial charge in [-0.05, 0) is 55.6 Å². The Morgan fingerprint density at radius 3 is 2.51 bits per heavy atom. The molecule has 0 atom stereocenters. The zero-order valence-electron chi connectivity index (χ0n) is 21.1. The van der Waals surface area contributed by atoms with E-state index in [1.165, 1.54) is 10.4 Å². The summed E-state index contributed by atoms with van der Waals surface area (Å²) in [5, 5.41) is 10.0. The first-order chi connectivity index (χ1) is 18.1. The Labute approximate surface area is 220 Å². The number of ether oxygens (including phenoxy) is 1. The van der Waals surface area contributed by atoms with E-state index < -0.39 is 0 Å². The van der Waals surface area contributed by atoms with Crippen molar-refractivity contribution in [3.63, 3.8) is 0 Å². The van der Waals surface area contributed by atoms with Crippen LogP contribution < -0.4 is 5.32 Å². The van der Waals surface area contributed by atoms with Crippen molar-refractivity contribution in [3.05, 3.63) is 51.8 Å². The van der Waals surface area contributed by atoms with E-state index in [-0.39, 0.29) is 11.8 Å². The molecule has 0 saturated carbocycles. The van der Waals surface area contributed by atoms with Crippen LogP contribution in [0.3, 0.4) is 0 Å². The number of benzene rings is 1. The van der Waals surface area contributed by atoms with Crippen molar-refractivity contribution >= 4 is 28.8 Å². The first kappa shape index (κ1) is 24.3. The third-order valence-electron chi connectivity index (χ3n) is 7.45. The van der Waals surface area contributed by atoms with Crippen LogP contribution in [-0.4, -0.2) is 102 Å². The Bertz CT molecular complexity index is 1290. The Morgan fingerprint density at radius 2 is 1.76 bits per heavy atom. The molecule has 194 valence electrons. The molecule has 1 aliphatic carbocycles. The number of amides is 2. The molecule has 1 N–H and O–H groups in total. The number of morpholine rings is 1. The summed E-state index contributed by atoms with van der Waals surface area (Å²) in [7, 11) is 2.09. The number of hydrogen-bond donors (Lipinski definition) is 1. The van der Waals surface area contributed by atoms with Crippen LogP contribution >= 0.6 is 11.3 Å². The average molecular weight is 521 g/mol. The zero-order valence-corrected chi connectivity index (χ0v) is 21.9. The van der Waals surface area contributed by atoms with Crippen molar-refractivity contribution in [2.24, 2.45) is 0 Å². The van der Waals surface area contributed by atoms with Gasteiger partial charge in [-0.15, -0.1) is 11.3 Å². The summed E-state index contributed by atoms with van der Waals surface area (Å²) in [6.45, 7) is 6.44. The molecular formula is C27H32N6O3S. The van der Waals surface area contributed by atoms with E-state index in [2.05, 4.69) is 33.6 Å². The second kappa shape index (κ2) is 10.4. The van der Waals surface area contributed by atoms with Crippen molar-refractivity contribution in [1.82, 2.24) is 24.5 Å². The van der Waals surface area contributed by atoms with Crippen LogP contribution in [0, 0.1) is 0 Å². The zero-order chi connectivity index (χ0) is 25.4. The van der Waals surface area contributed by atoms with Crippen molar-refractivity contribution in [2.45, 2.75) is 12.8 Å². The van der Waals surface area contributed by atoms with E-state index in [1.54, 1.807) is 11.3 Å². The average Bonchev–Trinajstić information content (AvgIpc) is 3.54. The molecule has 10 heteroatoms. The van der Waals surface area contributed by atoms with Crippen LogP contribution in [0.5, 0.6) is 0 Å². The Kier molecular flexibility index (Phi) is 6.81. The van der Waals surface area contributed by atoms with Crippen LogP contribution in [0.25, 0.3) is 16.9 Å². The highest BCUT2D eigenvalue weighted by Crippen LogP contribution is 2.40.